The van der Waals surface area contributed by atoms with Crippen LogP contribution < -0.4 is 0 Å². The molecule has 0 aliphatic rings. The van der Waals surface area contributed by atoms with Crippen molar-refractivity contribution in [2.24, 2.45) is 0 Å². The predicted octanol–water partition coefficient (Wildman–Crippen LogP) is 10.4. The van der Waals surface area contributed by atoms with Crippen LogP contribution in [0.2, 0.25) is 0 Å². The van der Waals surface area contributed by atoms with Crippen LogP contribution in [0.25, 0.3) is 102 Å². The summed E-state index contributed by atoms with van der Waals surface area (Å²) in [4.78, 5) is 38.7. The van der Waals surface area contributed by atoms with E-state index in [1.807, 2.05) is 146 Å². The van der Waals surface area contributed by atoms with Crippen molar-refractivity contribution >= 4 is 21.9 Å². The Morgan fingerprint density at radius 1 is 0.273 bits per heavy atom. The summed E-state index contributed by atoms with van der Waals surface area (Å²) in [5.41, 5.74) is 7.34. The SMILES string of the molecule is c1ccc(-c2nc(-c3ccccc3)nc(-c3ncc(-c4cccc5c4oc4c(-c6nc(-c7ccccc7)nc(-c7ccccc7)n6)cccc45)cn3)n2)cc1. The molecular formula is C46H28N8O. The van der Waals surface area contributed by atoms with E-state index in [0.717, 1.165) is 49.7 Å². The largest absolute Gasteiger partial charge is 0.455 e. The summed E-state index contributed by atoms with van der Waals surface area (Å²) < 4.78 is 6.77. The van der Waals surface area contributed by atoms with Gasteiger partial charge in [0.25, 0.3) is 0 Å². The maximum Gasteiger partial charge on any atom is 0.201 e. The van der Waals surface area contributed by atoms with E-state index < -0.39 is 0 Å². The zero-order chi connectivity index (χ0) is 36.6. The van der Waals surface area contributed by atoms with E-state index in [0.29, 0.717) is 51.9 Å². The zero-order valence-electron chi connectivity index (χ0n) is 29.2. The molecule has 0 radical (unpaired) electrons. The lowest BCUT2D eigenvalue weighted by atomic mass is 10.0. The third-order valence-electron chi connectivity index (χ3n) is 9.33. The topological polar surface area (TPSA) is 116 Å². The average Bonchev–Trinajstić information content (AvgIpc) is 3.67. The van der Waals surface area contributed by atoms with Crippen LogP contribution in [0, 0.1) is 0 Å². The molecule has 0 unspecified atom stereocenters. The molecule has 6 aromatic carbocycles. The number of nitrogens with zero attached hydrogens (tertiary/aromatic N) is 8. The normalized spacial score (nSPS) is 11.3. The van der Waals surface area contributed by atoms with Gasteiger partial charge in [0.05, 0.1) is 5.56 Å². The first-order valence-electron chi connectivity index (χ1n) is 17.8. The van der Waals surface area contributed by atoms with Crippen LogP contribution in [0.4, 0.5) is 0 Å². The number of furan rings is 1. The van der Waals surface area contributed by atoms with Gasteiger partial charge in [0.1, 0.15) is 11.2 Å². The molecular weight excluding hydrogens is 681 g/mol. The summed E-state index contributed by atoms with van der Waals surface area (Å²) in [6.07, 6.45) is 3.56. The summed E-state index contributed by atoms with van der Waals surface area (Å²) >= 11 is 0. The van der Waals surface area contributed by atoms with Crippen molar-refractivity contribution in [2.75, 3.05) is 0 Å². The standard InChI is InChI=1S/C46H28N8O/c1-5-15-29(16-6-1)40-49-41(30-17-7-2-8-18-30)52-44(51-40)37-26-14-25-36-35-24-13-23-34(38(35)55-39(36)37)33-27-47-45(48-28-33)46-53-42(31-19-9-3-10-20-31)50-43(54-46)32-21-11-4-12-22-32/h1-28H. The minimum Gasteiger partial charge on any atom is -0.455 e. The second-order valence-electron chi connectivity index (χ2n) is 12.8. The lowest BCUT2D eigenvalue weighted by molar-refractivity contribution is 0.670. The molecule has 0 fully saturated rings. The Morgan fingerprint density at radius 2 is 0.636 bits per heavy atom. The first kappa shape index (κ1) is 31.9. The molecule has 0 saturated heterocycles. The predicted molar refractivity (Wildman–Crippen MR) is 214 cm³/mol. The highest BCUT2D eigenvalue weighted by Gasteiger charge is 2.20. The Morgan fingerprint density at radius 3 is 1.07 bits per heavy atom. The zero-order valence-corrected chi connectivity index (χ0v) is 29.2. The molecule has 0 spiro atoms. The van der Waals surface area contributed by atoms with Crippen molar-refractivity contribution in [3.05, 3.63) is 170 Å². The van der Waals surface area contributed by atoms with Gasteiger partial charge < -0.3 is 4.42 Å². The molecule has 0 atom stereocenters. The Hall–Kier alpha value is -7.78. The summed E-state index contributed by atoms with van der Waals surface area (Å²) in [6, 6.07) is 51.7. The van der Waals surface area contributed by atoms with Crippen molar-refractivity contribution in [3.8, 4) is 79.7 Å². The summed E-state index contributed by atoms with van der Waals surface area (Å²) in [7, 11) is 0. The van der Waals surface area contributed by atoms with Crippen molar-refractivity contribution in [1.29, 1.82) is 0 Å². The van der Waals surface area contributed by atoms with Crippen LogP contribution in [-0.2, 0) is 0 Å². The molecule has 10 aromatic rings. The van der Waals surface area contributed by atoms with E-state index in [9.17, 15) is 0 Å². The number of hydrogen-bond donors (Lipinski definition) is 0. The number of rotatable bonds is 7. The number of benzene rings is 6. The second-order valence-corrected chi connectivity index (χ2v) is 12.8. The molecule has 9 nitrogen and oxygen atoms in total. The molecule has 258 valence electrons. The molecule has 0 N–H and O–H groups in total. The smallest absolute Gasteiger partial charge is 0.201 e. The minimum absolute atomic E-state index is 0.382. The third-order valence-corrected chi connectivity index (χ3v) is 9.33. The first-order chi connectivity index (χ1) is 27.2. The summed E-state index contributed by atoms with van der Waals surface area (Å²) in [5.74, 6) is 3.55. The average molecular weight is 709 g/mol. The van der Waals surface area contributed by atoms with Crippen molar-refractivity contribution in [3.63, 3.8) is 0 Å². The van der Waals surface area contributed by atoms with Gasteiger partial charge in [-0.3, -0.25) is 0 Å². The van der Waals surface area contributed by atoms with E-state index in [4.69, 9.17) is 44.3 Å². The van der Waals surface area contributed by atoms with E-state index in [1.54, 1.807) is 12.4 Å². The molecule has 0 aliphatic carbocycles. The van der Waals surface area contributed by atoms with Crippen LogP contribution in [0.15, 0.2) is 175 Å². The van der Waals surface area contributed by atoms with E-state index in [2.05, 4.69) is 12.1 Å². The quantitative estimate of drug-likeness (QED) is 0.159. The maximum absolute atomic E-state index is 6.77. The van der Waals surface area contributed by atoms with E-state index >= 15 is 0 Å². The molecule has 4 aromatic heterocycles. The number of hydrogen-bond acceptors (Lipinski definition) is 9. The van der Waals surface area contributed by atoms with Gasteiger partial charge in [-0.05, 0) is 6.07 Å². The number of fused-ring (bicyclic) bond motifs is 3. The maximum atomic E-state index is 6.77. The lowest BCUT2D eigenvalue weighted by Gasteiger charge is -2.08. The second kappa shape index (κ2) is 13.6. The number of para-hydroxylation sites is 2. The molecule has 0 bridgehead atoms. The summed E-state index contributed by atoms with van der Waals surface area (Å²) in [5, 5.41) is 1.90. The fourth-order valence-electron chi connectivity index (χ4n) is 6.64. The van der Waals surface area contributed by atoms with Gasteiger partial charge >= 0.3 is 0 Å². The van der Waals surface area contributed by atoms with Crippen molar-refractivity contribution in [1.82, 2.24) is 39.9 Å². The Kier molecular flexibility index (Phi) is 7.92. The van der Waals surface area contributed by atoms with Crippen LogP contribution in [0.3, 0.4) is 0 Å². The highest BCUT2D eigenvalue weighted by Crippen LogP contribution is 2.39. The van der Waals surface area contributed by atoms with Crippen LogP contribution in [-0.4, -0.2) is 39.9 Å². The van der Waals surface area contributed by atoms with Gasteiger partial charge in [-0.1, -0.05) is 152 Å². The lowest BCUT2D eigenvalue weighted by Crippen LogP contribution is -2.02. The number of aromatic nitrogens is 8. The van der Waals surface area contributed by atoms with E-state index in [1.165, 1.54) is 0 Å². The van der Waals surface area contributed by atoms with Crippen molar-refractivity contribution < 1.29 is 4.42 Å². The highest BCUT2D eigenvalue weighted by atomic mass is 16.3. The molecule has 0 aliphatic heterocycles. The Balaban J connectivity index is 1.07. The van der Waals surface area contributed by atoms with Gasteiger partial charge in [-0.15, -0.1) is 0 Å². The first-order valence-corrected chi connectivity index (χ1v) is 17.8. The van der Waals surface area contributed by atoms with Crippen LogP contribution >= 0.6 is 0 Å². The fraction of sp³-hybridized carbons (Fsp3) is 0. The highest BCUT2D eigenvalue weighted by molar-refractivity contribution is 6.12. The Bertz CT molecular complexity index is 2840. The van der Waals surface area contributed by atoms with Crippen LogP contribution in [0.5, 0.6) is 0 Å². The monoisotopic (exact) mass is 708 g/mol. The molecule has 0 saturated carbocycles. The van der Waals surface area contributed by atoms with Gasteiger partial charge in [0.15, 0.2) is 34.9 Å². The summed E-state index contributed by atoms with van der Waals surface area (Å²) in [6.45, 7) is 0. The third kappa shape index (κ3) is 6.05. The molecule has 4 heterocycles. The molecule has 10 rings (SSSR count). The van der Waals surface area contributed by atoms with E-state index in [-0.39, 0.29) is 0 Å². The molecule has 55 heavy (non-hydrogen) atoms. The van der Waals surface area contributed by atoms with Crippen LogP contribution in [0.1, 0.15) is 0 Å². The van der Waals surface area contributed by atoms with Gasteiger partial charge in [0, 0.05) is 56.5 Å². The van der Waals surface area contributed by atoms with Gasteiger partial charge in [-0.2, -0.15) is 0 Å². The minimum atomic E-state index is 0.382. The Labute approximate surface area is 315 Å². The molecule has 0 amide bonds. The van der Waals surface area contributed by atoms with Gasteiger partial charge in [-0.25, -0.2) is 39.9 Å². The van der Waals surface area contributed by atoms with Gasteiger partial charge in [0.2, 0.25) is 5.82 Å². The fourth-order valence-corrected chi connectivity index (χ4v) is 6.64. The molecule has 9 heteroatoms. The van der Waals surface area contributed by atoms with Crippen molar-refractivity contribution in [2.45, 2.75) is 0 Å².